The van der Waals surface area contributed by atoms with Crippen LogP contribution in [0.2, 0.25) is 0 Å². The first-order valence-corrected chi connectivity index (χ1v) is 7.15. The minimum absolute atomic E-state index is 0.180. The molecule has 1 heterocycles. The molecule has 1 aliphatic rings. The van der Waals surface area contributed by atoms with E-state index in [0.717, 1.165) is 29.7 Å². The summed E-state index contributed by atoms with van der Waals surface area (Å²) in [6.45, 7) is 6.32. The number of benzene rings is 1. The fraction of sp³-hybridized carbons (Fsp3) is 0.562. The van der Waals surface area contributed by atoms with Crippen molar-refractivity contribution >= 4 is 11.6 Å². The summed E-state index contributed by atoms with van der Waals surface area (Å²) >= 11 is 0. The second-order valence-corrected chi connectivity index (χ2v) is 5.62. The first-order valence-electron chi connectivity index (χ1n) is 7.15. The highest BCUT2D eigenvalue weighted by Gasteiger charge is 2.30. The zero-order chi connectivity index (χ0) is 14.0. The number of likely N-dealkylation sites (tertiary alicyclic amines) is 1. The van der Waals surface area contributed by atoms with Gasteiger partial charge in [0.15, 0.2) is 0 Å². The summed E-state index contributed by atoms with van der Waals surface area (Å²) in [4.78, 5) is 14.8. The summed E-state index contributed by atoms with van der Waals surface area (Å²) in [6, 6.07) is 6.64. The lowest BCUT2D eigenvalue weighted by atomic mass is 9.95. The standard InChI is InChI=1S/C16H24N2O/c1-11-10-14(17-4)8-9-15(11)16(19)18-12(2)6-5-7-13(18)3/h8-10,12-13,17H,5-7H2,1-4H3/t12-,13+. The van der Waals surface area contributed by atoms with E-state index < -0.39 is 0 Å². The first-order chi connectivity index (χ1) is 9.04. The lowest BCUT2D eigenvalue weighted by Crippen LogP contribution is -2.47. The molecule has 0 bridgehead atoms. The molecule has 0 spiro atoms. The second kappa shape index (κ2) is 5.64. The van der Waals surface area contributed by atoms with E-state index in [1.54, 1.807) is 0 Å². The van der Waals surface area contributed by atoms with Crippen molar-refractivity contribution in [3.8, 4) is 0 Å². The Morgan fingerprint density at radius 3 is 2.42 bits per heavy atom. The molecule has 1 saturated heterocycles. The number of anilines is 1. The van der Waals surface area contributed by atoms with Crippen LogP contribution >= 0.6 is 0 Å². The molecule has 1 aliphatic heterocycles. The Labute approximate surface area is 116 Å². The van der Waals surface area contributed by atoms with Crippen molar-refractivity contribution in [3.63, 3.8) is 0 Å². The summed E-state index contributed by atoms with van der Waals surface area (Å²) in [7, 11) is 1.89. The van der Waals surface area contributed by atoms with Crippen molar-refractivity contribution in [1.82, 2.24) is 4.90 Å². The molecule has 1 aromatic carbocycles. The SMILES string of the molecule is CNc1ccc(C(=O)N2[C@H](C)CCC[C@@H]2C)c(C)c1. The van der Waals surface area contributed by atoms with E-state index in [0.29, 0.717) is 12.1 Å². The number of carbonyl (C=O) groups excluding carboxylic acids is 1. The van der Waals surface area contributed by atoms with Gasteiger partial charge in [0.1, 0.15) is 0 Å². The smallest absolute Gasteiger partial charge is 0.254 e. The van der Waals surface area contributed by atoms with E-state index in [1.807, 2.05) is 32.2 Å². The molecule has 3 heteroatoms. The molecule has 1 aromatic rings. The van der Waals surface area contributed by atoms with E-state index in [9.17, 15) is 4.79 Å². The van der Waals surface area contributed by atoms with Gasteiger partial charge in [-0.15, -0.1) is 0 Å². The van der Waals surface area contributed by atoms with Gasteiger partial charge >= 0.3 is 0 Å². The van der Waals surface area contributed by atoms with Crippen LogP contribution in [0.1, 0.15) is 49.0 Å². The molecule has 104 valence electrons. The third-order valence-corrected chi connectivity index (χ3v) is 4.17. The molecule has 1 N–H and O–H groups in total. The average Bonchev–Trinajstić information content (AvgIpc) is 2.38. The molecular formula is C16H24N2O. The predicted molar refractivity (Wildman–Crippen MR) is 79.7 cm³/mol. The van der Waals surface area contributed by atoms with Gasteiger partial charge in [0.2, 0.25) is 0 Å². The van der Waals surface area contributed by atoms with E-state index >= 15 is 0 Å². The van der Waals surface area contributed by atoms with Crippen LogP contribution in [0.4, 0.5) is 5.69 Å². The van der Waals surface area contributed by atoms with E-state index in [-0.39, 0.29) is 5.91 Å². The Hall–Kier alpha value is -1.51. The van der Waals surface area contributed by atoms with Crippen molar-refractivity contribution in [1.29, 1.82) is 0 Å². The number of piperidine rings is 1. The maximum atomic E-state index is 12.7. The predicted octanol–water partition coefficient (Wildman–Crippen LogP) is 3.44. The largest absolute Gasteiger partial charge is 0.388 e. The number of aryl methyl sites for hydroxylation is 1. The Bertz CT molecular complexity index is 460. The van der Waals surface area contributed by atoms with E-state index in [2.05, 4.69) is 24.1 Å². The molecule has 2 atom stereocenters. The van der Waals surface area contributed by atoms with Gasteiger partial charge in [-0.05, 0) is 63.8 Å². The lowest BCUT2D eigenvalue weighted by molar-refractivity contribution is 0.0510. The number of carbonyl (C=O) groups is 1. The van der Waals surface area contributed by atoms with Crippen LogP contribution in [-0.2, 0) is 0 Å². The Morgan fingerprint density at radius 1 is 1.26 bits per heavy atom. The van der Waals surface area contributed by atoms with Gasteiger partial charge in [-0.3, -0.25) is 4.79 Å². The van der Waals surface area contributed by atoms with Crippen LogP contribution in [0.5, 0.6) is 0 Å². The quantitative estimate of drug-likeness (QED) is 0.883. The monoisotopic (exact) mass is 260 g/mol. The Kier molecular flexibility index (Phi) is 4.13. The van der Waals surface area contributed by atoms with Gasteiger partial charge < -0.3 is 10.2 Å². The first kappa shape index (κ1) is 13.9. The third-order valence-electron chi connectivity index (χ3n) is 4.17. The molecule has 3 nitrogen and oxygen atoms in total. The van der Waals surface area contributed by atoms with Gasteiger partial charge in [-0.25, -0.2) is 0 Å². The van der Waals surface area contributed by atoms with Crippen molar-refractivity contribution in [2.75, 3.05) is 12.4 Å². The average molecular weight is 260 g/mol. The third kappa shape index (κ3) is 2.75. The van der Waals surface area contributed by atoms with Gasteiger partial charge in [-0.2, -0.15) is 0 Å². The van der Waals surface area contributed by atoms with Crippen LogP contribution in [0, 0.1) is 6.92 Å². The van der Waals surface area contributed by atoms with Gasteiger partial charge in [0.05, 0.1) is 0 Å². The maximum Gasteiger partial charge on any atom is 0.254 e. The summed E-state index contributed by atoms with van der Waals surface area (Å²) in [5, 5.41) is 3.11. The van der Waals surface area contributed by atoms with Gasteiger partial charge in [-0.1, -0.05) is 0 Å². The number of nitrogens with one attached hydrogen (secondary N) is 1. The molecule has 0 aromatic heterocycles. The zero-order valence-electron chi connectivity index (χ0n) is 12.4. The minimum atomic E-state index is 0.180. The van der Waals surface area contributed by atoms with E-state index in [1.165, 1.54) is 6.42 Å². The van der Waals surface area contributed by atoms with Crippen LogP contribution in [0.15, 0.2) is 18.2 Å². The van der Waals surface area contributed by atoms with Crippen LogP contribution in [0.25, 0.3) is 0 Å². The molecule has 0 unspecified atom stereocenters. The summed E-state index contributed by atoms with van der Waals surface area (Å²) in [6.07, 6.45) is 3.46. The molecule has 19 heavy (non-hydrogen) atoms. The summed E-state index contributed by atoms with van der Waals surface area (Å²) < 4.78 is 0. The molecule has 0 aliphatic carbocycles. The molecule has 2 rings (SSSR count). The highest BCUT2D eigenvalue weighted by molar-refractivity contribution is 5.96. The highest BCUT2D eigenvalue weighted by Crippen LogP contribution is 2.26. The molecular weight excluding hydrogens is 236 g/mol. The van der Waals surface area contributed by atoms with Crippen LogP contribution < -0.4 is 5.32 Å². The summed E-state index contributed by atoms with van der Waals surface area (Å²) in [5.41, 5.74) is 2.93. The number of hydrogen-bond donors (Lipinski definition) is 1. The lowest BCUT2D eigenvalue weighted by Gasteiger charge is -2.39. The Morgan fingerprint density at radius 2 is 1.89 bits per heavy atom. The van der Waals surface area contributed by atoms with Crippen LogP contribution in [-0.4, -0.2) is 29.9 Å². The van der Waals surface area contributed by atoms with Crippen molar-refractivity contribution in [2.24, 2.45) is 0 Å². The maximum absolute atomic E-state index is 12.7. The number of nitrogens with zero attached hydrogens (tertiary/aromatic N) is 1. The van der Waals surface area contributed by atoms with E-state index in [4.69, 9.17) is 0 Å². The topological polar surface area (TPSA) is 32.3 Å². The van der Waals surface area contributed by atoms with Crippen molar-refractivity contribution in [3.05, 3.63) is 29.3 Å². The molecule has 0 radical (unpaired) electrons. The van der Waals surface area contributed by atoms with Gasteiger partial charge in [0, 0.05) is 30.4 Å². The highest BCUT2D eigenvalue weighted by atomic mass is 16.2. The number of amides is 1. The normalized spacial score (nSPS) is 23.3. The summed E-state index contributed by atoms with van der Waals surface area (Å²) in [5.74, 6) is 0.180. The molecule has 1 fully saturated rings. The Balaban J connectivity index is 2.28. The van der Waals surface area contributed by atoms with Gasteiger partial charge in [0.25, 0.3) is 5.91 Å². The molecule has 0 saturated carbocycles. The second-order valence-electron chi connectivity index (χ2n) is 5.62. The zero-order valence-corrected chi connectivity index (χ0v) is 12.4. The van der Waals surface area contributed by atoms with Crippen molar-refractivity contribution in [2.45, 2.75) is 52.1 Å². The fourth-order valence-electron chi connectivity index (χ4n) is 3.02. The van der Waals surface area contributed by atoms with Crippen LogP contribution in [0.3, 0.4) is 0 Å². The number of rotatable bonds is 2. The fourth-order valence-corrected chi connectivity index (χ4v) is 3.02. The van der Waals surface area contributed by atoms with Crippen molar-refractivity contribution < 1.29 is 4.79 Å². The minimum Gasteiger partial charge on any atom is -0.388 e. The number of hydrogen-bond acceptors (Lipinski definition) is 2. The molecule has 1 amide bonds.